The summed E-state index contributed by atoms with van der Waals surface area (Å²) in [4.78, 5) is 11.1. The maximum Gasteiger partial charge on any atom is 0.335 e. The zero-order valence-electron chi connectivity index (χ0n) is 16.4. The molecule has 3 heteroatoms. The molecule has 3 nitrogen and oxygen atoms in total. The number of aromatic carboxylic acids is 1. The van der Waals surface area contributed by atoms with Gasteiger partial charge in [0.2, 0.25) is 0 Å². The quantitative estimate of drug-likeness (QED) is 0.768. The van der Waals surface area contributed by atoms with E-state index in [0.29, 0.717) is 5.56 Å². The fraction of sp³-hybridized carbons (Fsp3) is 0.333. The van der Waals surface area contributed by atoms with Crippen molar-refractivity contribution in [1.82, 2.24) is 0 Å². The zero-order chi connectivity index (χ0) is 20.0. The molecule has 0 saturated carbocycles. The fourth-order valence-electron chi connectivity index (χ4n) is 3.93. The highest BCUT2D eigenvalue weighted by Crippen LogP contribution is 2.47. The summed E-state index contributed by atoms with van der Waals surface area (Å²) in [6.45, 7) is 13.2. The van der Waals surface area contributed by atoms with Crippen LogP contribution in [0.4, 0.5) is 0 Å². The number of nitriles is 1. The second kappa shape index (κ2) is 6.39. The molecule has 0 amide bonds. The molecule has 0 unspecified atom stereocenters. The third-order valence-corrected chi connectivity index (χ3v) is 5.92. The maximum atomic E-state index is 11.1. The van der Waals surface area contributed by atoms with Crippen molar-refractivity contribution in [2.75, 3.05) is 0 Å². The van der Waals surface area contributed by atoms with Crippen LogP contribution in [0, 0.1) is 11.3 Å². The van der Waals surface area contributed by atoms with E-state index in [1.54, 1.807) is 24.3 Å². The van der Waals surface area contributed by atoms with Crippen LogP contribution >= 0.6 is 0 Å². The molecule has 1 N–H and O–H groups in total. The van der Waals surface area contributed by atoms with E-state index in [1.807, 2.05) is 6.07 Å². The highest BCUT2D eigenvalue weighted by atomic mass is 16.4. The topological polar surface area (TPSA) is 61.1 Å². The second-order valence-corrected chi connectivity index (χ2v) is 8.68. The summed E-state index contributed by atoms with van der Waals surface area (Å²) >= 11 is 0. The smallest absolute Gasteiger partial charge is 0.335 e. The van der Waals surface area contributed by atoms with E-state index >= 15 is 0 Å². The van der Waals surface area contributed by atoms with E-state index in [4.69, 9.17) is 5.11 Å². The Bertz CT molecular complexity index is 973. The summed E-state index contributed by atoms with van der Waals surface area (Å²) in [5, 5.41) is 18.9. The SMILES string of the molecule is C=C(c1ccc(C(=O)O)cc1)c1cc2c(cc1C#N)C(C)(C)CCC2(C)C. The minimum Gasteiger partial charge on any atom is -0.478 e. The Morgan fingerprint density at radius 1 is 1.00 bits per heavy atom. The third kappa shape index (κ3) is 3.28. The van der Waals surface area contributed by atoms with Crippen LogP contribution in [0.25, 0.3) is 5.57 Å². The standard InChI is InChI=1S/C24H25NO2/c1-15(16-6-8-17(9-7-16)22(26)27)19-13-21-20(12-18(19)14-25)23(2,3)10-11-24(21,4)5/h6-9,12-13H,1,10-11H2,2-5H3,(H,26,27). The van der Waals surface area contributed by atoms with E-state index in [-0.39, 0.29) is 16.4 Å². The largest absolute Gasteiger partial charge is 0.478 e. The van der Waals surface area contributed by atoms with Gasteiger partial charge in [0.25, 0.3) is 0 Å². The first-order chi connectivity index (χ1) is 12.6. The average Bonchev–Trinajstić information content (AvgIpc) is 2.64. The number of benzene rings is 2. The molecule has 138 valence electrons. The van der Waals surface area contributed by atoms with Gasteiger partial charge in [-0.2, -0.15) is 5.26 Å². The summed E-state index contributed by atoms with van der Waals surface area (Å²) in [6, 6.07) is 13.1. The normalized spacial score (nSPS) is 16.9. The van der Waals surface area contributed by atoms with Crippen molar-refractivity contribution >= 4 is 11.5 Å². The lowest BCUT2D eigenvalue weighted by atomic mass is 9.62. The van der Waals surface area contributed by atoms with Crippen LogP contribution in [0.5, 0.6) is 0 Å². The number of carboxylic acid groups (broad SMARTS) is 1. The Morgan fingerprint density at radius 3 is 1.96 bits per heavy atom. The Kier molecular flexibility index (Phi) is 4.48. The molecule has 0 spiro atoms. The van der Waals surface area contributed by atoms with E-state index < -0.39 is 5.97 Å². The highest BCUT2D eigenvalue weighted by molar-refractivity contribution is 5.89. The third-order valence-electron chi connectivity index (χ3n) is 5.92. The number of hydrogen-bond acceptors (Lipinski definition) is 2. The second-order valence-electron chi connectivity index (χ2n) is 8.68. The molecule has 27 heavy (non-hydrogen) atoms. The van der Waals surface area contributed by atoms with Crippen molar-refractivity contribution in [1.29, 1.82) is 5.26 Å². The first-order valence-electron chi connectivity index (χ1n) is 9.19. The monoisotopic (exact) mass is 359 g/mol. The van der Waals surface area contributed by atoms with Gasteiger partial charge < -0.3 is 5.11 Å². The summed E-state index contributed by atoms with van der Waals surface area (Å²) in [5.74, 6) is -0.956. The molecule has 0 atom stereocenters. The van der Waals surface area contributed by atoms with Crippen molar-refractivity contribution in [3.63, 3.8) is 0 Å². The zero-order valence-corrected chi connectivity index (χ0v) is 16.4. The molecule has 2 aromatic rings. The highest BCUT2D eigenvalue weighted by Gasteiger charge is 2.37. The van der Waals surface area contributed by atoms with E-state index in [1.165, 1.54) is 11.1 Å². The Labute approximate surface area is 161 Å². The maximum absolute atomic E-state index is 11.1. The summed E-state index contributed by atoms with van der Waals surface area (Å²) < 4.78 is 0. The molecule has 0 aromatic heterocycles. The fourth-order valence-corrected chi connectivity index (χ4v) is 3.93. The van der Waals surface area contributed by atoms with Gasteiger partial charge in [-0.05, 0) is 75.8 Å². The van der Waals surface area contributed by atoms with Gasteiger partial charge in [-0.3, -0.25) is 0 Å². The van der Waals surface area contributed by atoms with E-state index in [2.05, 4.69) is 46.4 Å². The van der Waals surface area contributed by atoms with Gasteiger partial charge in [-0.15, -0.1) is 0 Å². The van der Waals surface area contributed by atoms with Crippen molar-refractivity contribution in [3.8, 4) is 6.07 Å². The van der Waals surface area contributed by atoms with Crippen LogP contribution in [-0.2, 0) is 10.8 Å². The number of carboxylic acids is 1. The molecule has 0 radical (unpaired) electrons. The predicted octanol–water partition coefficient (Wildman–Crippen LogP) is 5.67. The van der Waals surface area contributed by atoms with Gasteiger partial charge >= 0.3 is 5.97 Å². The molecule has 0 fully saturated rings. The molecule has 1 aliphatic carbocycles. The molecule has 2 aromatic carbocycles. The Morgan fingerprint density at radius 2 is 1.48 bits per heavy atom. The molecule has 0 aliphatic heterocycles. The number of rotatable bonds is 3. The van der Waals surface area contributed by atoms with Gasteiger partial charge in [0.15, 0.2) is 0 Å². The lowest BCUT2D eigenvalue weighted by Crippen LogP contribution is -2.34. The average molecular weight is 359 g/mol. The molecular weight excluding hydrogens is 334 g/mol. The van der Waals surface area contributed by atoms with Crippen LogP contribution in [0.1, 0.15) is 78.7 Å². The number of carbonyl (C=O) groups is 1. The van der Waals surface area contributed by atoms with Gasteiger partial charge in [0.1, 0.15) is 0 Å². The molecule has 0 saturated heterocycles. The van der Waals surface area contributed by atoms with Crippen molar-refractivity contribution in [2.24, 2.45) is 0 Å². The van der Waals surface area contributed by atoms with Crippen LogP contribution in [0.3, 0.4) is 0 Å². The minimum atomic E-state index is -0.956. The van der Waals surface area contributed by atoms with E-state index in [9.17, 15) is 10.1 Å². The minimum absolute atomic E-state index is 0.0411. The van der Waals surface area contributed by atoms with Crippen LogP contribution in [0.15, 0.2) is 43.0 Å². The van der Waals surface area contributed by atoms with Crippen LogP contribution < -0.4 is 0 Å². The molecular formula is C24H25NO2. The lowest BCUT2D eigenvalue weighted by Gasteiger charge is -2.42. The van der Waals surface area contributed by atoms with Crippen LogP contribution in [-0.4, -0.2) is 11.1 Å². The molecule has 1 aliphatic rings. The number of hydrogen-bond donors (Lipinski definition) is 1. The van der Waals surface area contributed by atoms with Crippen molar-refractivity contribution < 1.29 is 9.90 Å². The predicted molar refractivity (Wildman–Crippen MR) is 108 cm³/mol. The van der Waals surface area contributed by atoms with Gasteiger partial charge in [0.05, 0.1) is 17.2 Å². The first-order valence-corrected chi connectivity index (χ1v) is 9.19. The number of fused-ring (bicyclic) bond motifs is 1. The van der Waals surface area contributed by atoms with Crippen molar-refractivity contribution in [2.45, 2.75) is 51.4 Å². The lowest BCUT2D eigenvalue weighted by molar-refractivity contribution is 0.0697. The molecule has 3 rings (SSSR count). The molecule has 0 heterocycles. The van der Waals surface area contributed by atoms with Gasteiger partial charge in [-0.25, -0.2) is 4.79 Å². The van der Waals surface area contributed by atoms with Crippen molar-refractivity contribution in [3.05, 3.63) is 76.4 Å². The number of nitrogens with zero attached hydrogens (tertiary/aromatic N) is 1. The summed E-state index contributed by atoms with van der Waals surface area (Å²) in [5.41, 5.74) is 5.84. The summed E-state index contributed by atoms with van der Waals surface area (Å²) in [7, 11) is 0. The molecule has 0 bridgehead atoms. The Hall–Kier alpha value is -2.86. The first kappa shape index (κ1) is 18.9. The van der Waals surface area contributed by atoms with Gasteiger partial charge in [0, 0.05) is 0 Å². The summed E-state index contributed by atoms with van der Waals surface area (Å²) in [6.07, 6.45) is 2.19. The van der Waals surface area contributed by atoms with E-state index in [0.717, 1.165) is 29.5 Å². The van der Waals surface area contributed by atoms with Crippen LogP contribution in [0.2, 0.25) is 0 Å². The van der Waals surface area contributed by atoms with Gasteiger partial charge in [-0.1, -0.05) is 46.4 Å². The Balaban J connectivity index is 2.15.